The first-order valence-corrected chi connectivity index (χ1v) is 14.5. The molecule has 1 atom stereocenters. The number of amides is 2. The molecule has 7 heteroatoms. The Hall–Kier alpha value is -1.73. The molecule has 2 fully saturated rings. The summed E-state index contributed by atoms with van der Waals surface area (Å²) < 4.78 is 5.47. The Labute approximate surface area is 216 Å². The van der Waals surface area contributed by atoms with Crippen molar-refractivity contribution in [2.24, 2.45) is 5.92 Å². The van der Waals surface area contributed by atoms with E-state index in [1.165, 1.54) is 37.7 Å². The summed E-state index contributed by atoms with van der Waals surface area (Å²) in [6.07, 6.45) is 7.94. The van der Waals surface area contributed by atoms with Gasteiger partial charge in [0.2, 0.25) is 5.91 Å². The molecule has 2 amide bonds. The standard InChI is InChI=1S/C28H45N3O3S/c1-28(2,3)34-27(33)29-25(21-35-20-23-13-9-6-10-14-23)26(32)31-17-15-24(16-18-31)30(4)19-22-11-7-5-8-12-22/h5,7-8,11-12,23-25H,6,9-10,13-21H2,1-4H3,(H,29,33). The number of hydrogen-bond acceptors (Lipinski definition) is 5. The third kappa shape index (κ3) is 9.68. The van der Waals surface area contributed by atoms with Crippen molar-refractivity contribution in [2.75, 3.05) is 31.6 Å². The Kier molecular flexibility index (Phi) is 10.8. The second kappa shape index (κ2) is 13.5. The number of likely N-dealkylation sites (tertiary alicyclic amines) is 1. The molecule has 6 nitrogen and oxygen atoms in total. The molecule has 2 aliphatic rings. The first-order valence-electron chi connectivity index (χ1n) is 13.3. The number of nitrogens with one attached hydrogen (secondary N) is 1. The number of hydrogen-bond donors (Lipinski definition) is 1. The average molecular weight is 504 g/mol. The quantitative estimate of drug-likeness (QED) is 0.494. The zero-order valence-electron chi connectivity index (χ0n) is 22.1. The first kappa shape index (κ1) is 27.9. The van der Waals surface area contributed by atoms with Crippen LogP contribution < -0.4 is 5.32 Å². The van der Waals surface area contributed by atoms with Crippen molar-refractivity contribution < 1.29 is 14.3 Å². The number of piperidine rings is 1. The molecule has 1 aromatic rings. The Bertz CT molecular complexity index is 784. The summed E-state index contributed by atoms with van der Waals surface area (Å²) in [6.45, 7) is 7.90. The average Bonchev–Trinajstić information content (AvgIpc) is 2.83. The van der Waals surface area contributed by atoms with Gasteiger partial charge in [0, 0.05) is 31.4 Å². The number of nitrogens with zero attached hydrogens (tertiary/aromatic N) is 2. The fourth-order valence-electron chi connectivity index (χ4n) is 5.08. The lowest BCUT2D eigenvalue weighted by Crippen LogP contribution is -2.54. The summed E-state index contributed by atoms with van der Waals surface area (Å²) in [5.41, 5.74) is 0.722. The van der Waals surface area contributed by atoms with Crippen LogP contribution in [0.15, 0.2) is 30.3 Å². The molecule has 1 saturated heterocycles. The van der Waals surface area contributed by atoms with Crippen molar-refractivity contribution in [3.8, 4) is 0 Å². The highest BCUT2D eigenvalue weighted by atomic mass is 32.2. The summed E-state index contributed by atoms with van der Waals surface area (Å²) >= 11 is 1.80. The third-order valence-corrected chi connectivity index (χ3v) is 8.30. The number of rotatable bonds is 9. The van der Waals surface area contributed by atoms with Crippen LogP contribution in [-0.2, 0) is 16.1 Å². The van der Waals surface area contributed by atoms with Gasteiger partial charge < -0.3 is 15.0 Å². The molecule has 1 N–H and O–H groups in total. The van der Waals surface area contributed by atoms with Crippen LogP contribution in [0.5, 0.6) is 0 Å². The molecule has 1 aromatic carbocycles. The number of ether oxygens (including phenoxy) is 1. The van der Waals surface area contributed by atoms with Gasteiger partial charge in [-0.25, -0.2) is 4.79 Å². The van der Waals surface area contributed by atoms with Gasteiger partial charge in [-0.15, -0.1) is 0 Å². The molecule has 1 aliphatic heterocycles. The van der Waals surface area contributed by atoms with Gasteiger partial charge >= 0.3 is 6.09 Å². The predicted molar refractivity (Wildman–Crippen MR) is 145 cm³/mol. The Morgan fingerprint density at radius 3 is 2.37 bits per heavy atom. The molecule has 0 spiro atoms. The molecule has 0 radical (unpaired) electrons. The van der Waals surface area contributed by atoms with Crippen LogP contribution in [-0.4, -0.2) is 71.1 Å². The summed E-state index contributed by atoms with van der Waals surface area (Å²) in [6, 6.07) is 10.4. The molecular weight excluding hydrogens is 458 g/mol. The maximum Gasteiger partial charge on any atom is 0.408 e. The Morgan fingerprint density at radius 1 is 1.09 bits per heavy atom. The molecule has 1 saturated carbocycles. The number of carbonyl (C=O) groups is 2. The molecule has 1 aliphatic carbocycles. The SMILES string of the molecule is CN(Cc1ccccc1)C1CCN(C(=O)C(CSCC2CCCCC2)NC(=O)OC(C)(C)C)CC1. The number of benzene rings is 1. The zero-order valence-corrected chi connectivity index (χ0v) is 22.9. The van der Waals surface area contributed by atoms with Crippen LogP contribution in [0.3, 0.4) is 0 Å². The van der Waals surface area contributed by atoms with Gasteiger partial charge in [0.05, 0.1) is 0 Å². The van der Waals surface area contributed by atoms with Gasteiger partial charge in [-0.05, 0) is 70.7 Å². The summed E-state index contributed by atoms with van der Waals surface area (Å²) in [5, 5.41) is 2.89. The van der Waals surface area contributed by atoms with E-state index in [-0.39, 0.29) is 5.91 Å². The maximum absolute atomic E-state index is 13.5. The van der Waals surface area contributed by atoms with Crippen molar-refractivity contribution in [2.45, 2.75) is 89.9 Å². The van der Waals surface area contributed by atoms with Gasteiger partial charge in [-0.3, -0.25) is 9.69 Å². The van der Waals surface area contributed by atoms with E-state index in [2.05, 4.69) is 41.5 Å². The van der Waals surface area contributed by atoms with E-state index in [1.807, 2.05) is 31.7 Å². The predicted octanol–water partition coefficient (Wildman–Crippen LogP) is 5.32. The van der Waals surface area contributed by atoms with E-state index in [1.54, 1.807) is 11.8 Å². The largest absolute Gasteiger partial charge is 0.444 e. The molecule has 3 rings (SSSR count). The summed E-state index contributed by atoms with van der Waals surface area (Å²) in [7, 11) is 2.17. The van der Waals surface area contributed by atoms with E-state index in [4.69, 9.17) is 4.74 Å². The van der Waals surface area contributed by atoms with Gasteiger partial charge in [0.25, 0.3) is 0 Å². The zero-order chi connectivity index (χ0) is 25.3. The van der Waals surface area contributed by atoms with E-state index in [0.717, 1.165) is 44.1 Å². The fourth-order valence-corrected chi connectivity index (χ4v) is 6.34. The second-order valence-corrected chi connectivity index (χ2v) is 12.3. The molecular formula is C28H45N3O3S. The summed E-state index contributed by atoms with van der Waals surface area (Å²) in [5.74, 6) is 2.42. The van der Waals surface area contributed by atoms with Crippen molar-refractivity contribution >= 4 is 23.8 Å². The molecule has 0 aromatic heterocycles. The van der Waals surface area contributed by atoms with Crippen molar-refractivity contribution in [3.63, 3.8) is 0 Å². The number of alkyl carbamates (subject to hydrolysis) is 1. The molecule has 35 heavy (non-hydrogen) atoms. The number of carbonyl (C=O) groups excluding carboxylic acids is 2. The lowest BCUT2D eigenvalue weighted by atomic mass is 9.91. The van der Waals surface area contributed by atoms with Crippen molar-refractivity contribution in [1.29, 1.82) is 0 Å². The highest BCUT2D eigenvalue weighted by molar-refractivity contribution is 7.99. The highest BCUT2D eigenvalue weighted by Crippen LogP contribution is 2.27. The molecule has 196 valence electrons. The van der Waals surface area contributed by atoms with Crippen LogP contribution in [0.4, 0.5) is 4.79 Å². The highest BCUT2D eigenvalue weighted by Gasteiger charge is 2.32. The summed E-state index contributed by atoms with van der Waals surface area (Å²) in [4.78, 5) is 30.3. The van der Waals surface area contributed by atoms with Crippen LogP contribution in [0, 0.1) is 5.92 Å². The van der Waals surface area contributed by atoms with Crippen LogP contribution >= 0.6 is 11.8 Å². The lowest BCUT2D eigenvalue weighted by Gasteiger charge is -2.38. The van der Waals surface area contributed by atoms with Crippen molar-refractivity contribution in [3.05, 3.63) is 35.9 Å². The maximum atomic E-state index is 13.5. The Balaban J connectivity index is 1.52. The monoisotopic (exact) mass is 503 g/mol. The fraction of sp³-hybridized carbons (Fsp3) is 0.714. The van der Waals surface area contributed by atoms with Crippen LogP contribution in [0.1, 0.15) is 71.3 Å². The van der Waals surface area contributed by atoms with E-state index in [0.29, 0.717) is 11.8 Å². The van der Waals surface area contributed by atoms with Crippen molar-refractivity contribution in [1.82, 2.24) is 15.1 Å². The van der Waals surface area contributed by atoms with Gasteiger partial charge in [0.1, 0.15) is 11.6 Å². The lowest BCUT2D eigenvalue weighted by molar-refractivity contribution is -0.134. The molecule has 1 unspecified atom stereocenters. The molecule has 1 heterocycles. The van der Waals surface area contributed by atoms with E-state index < -0.39 is 17.7 Å². The van der Waals surface area contributed by atoms with E-state index >= 15 is 0 Å². The van der Waals surface area contributed by atoms with Crippen LogP contribution in [0.25, 0.3) is 0 Å². The Morgan fingerprint density at radius 2 is 1.74 bits per heavy atom. The van der Waals surface area contributed by atoms with Gasteiger partial charge in [-0.2, -0.15) is 11.8 Å². The minimum Gasteiger partial charge on any atom is -0.444 e. The minimum atomic E-state index is -0.589. The van der Waals surface area contributed by atoms with Crippen LogP contribution in [0.2, 0.25) is 0 Å². The second-order valence-electron chi connectivity index (χ2n) is 11.2. The normalized spacial score (nSPS) is 18.9. The third-order valence-electron chi connectivity index (χ3n) is 7.03. The number of thioether (sulfide) groups is 1. The minimum absolute atomic E-state index is 0.0242. The molecule has 0 bridgehead atoms. The smallest absolute Gasteiger partial charge is 0.408 e. The first-order chi connectivity index (χ1) is 16.7. The van der Waals surface area contributed by atoms with Gasteiger partial charge in [-0.1, -0.05) is 49.6 Å². The van der Waals surface area contributed by atoms with Gasteiger partial charge in [0.15, 0.2) is 0 Å². The topological polar surface area (TPSA) is 61.9 Å². The van der Waals surface area contributed by atoms with E-state index in [9.17, 15) is 9.59 Å².